The maximum absolute atomic E-state index is 11.0. The Bertz CT molecular complexity index is 452. The highest BCUT2D eigenvalue weighted by molar-refractivity contribution is 5.72. The summed E-state index contributed by atoms with van der Waals surface area (Å²) in [5.74, 6) is -2.36. The maximum atomic E-state index is 11.0. The van der Waals surface area contributed by atoms with E-state index >= 15 is 0 Å². The molecule has 0 aromatic heterocycles. The zero-order valence-electron chi connectivity index (χ0n) is 9.30. The minimum Gasteiger partial charge on any atom is -0.481 e. The molecular weight excluding hydrogens is 220 g/mol. The van der Waals surface area contributed by atoms with Gasteiger partial charge in [-0.2, -0.15) is 0 Å². The number of carboxylic acids is 2. The second-order valence-electron chi connectivity index (χ2n) is 4.47. The molecule has 90 valence electrons. The summed E-state index contributed by atoms with van der Waals surface area (Å²) in [4.78, 5) is 21.9. The summed E-state index contributed by atoms with van der Waals surface area (Å²) >= 11 is 0. The molecule has 0 saturated heterocycles. The first-order valence-electron chi connectivity index (χ1n) is 5.60. The molecule has 2 N–H and O–H groups in total. The lowest BCUT2D eigenvalue weighted by Gasteiger charge is -2.28. The third kappa shape index (κ3) is 2.46. The van der Waals surface area contributed by atoms with Crippen molar-refractivity contribution in [3.63, 3.8) is 0 Å². The molecule has 0 heterocycles. The van der Waals surface area contributed by atoms with Crippen molar-refractivity contribution in [1.29, 1.82) is 0 Å². The van der Waals surface area contributed by atoms with Gasteiger partial charge in [0.15, 0.2) is 0 Å². The molecule has 0 bridgehead atoms. The quantitative estimate of drug-likeness (QED) is 0.837. The molecule has 4 nitrogen and oxygen atoms in total. The molecule has 0 spiro atoms. The highest BCUT2D eigenvalue weighted by Crippen LogP contribution is 2.36. The van der Waals surface area contributed by atoms with Gasteiger partial charge in [0.1, 0.15) is 0 Å². The van der Waals surface area contributed by atoms with Crippen molar-refractivity contribution >= 4 is 11.9 Å². The van der Waals surface area contributed by atoms with Crippen molar-refractivity contribution in [1.82, 2.24) is 0 Å². The first-order valence-corrected chi connectivity index (χ1v) is 5.60. The highest BCUT2D eigenvalue weighted by Gasteiger charge is 2.31. The van der Waals surface area contributed by atoms with Crippen molar-refractivity contribution in [3.05, 3.63) is 35.4 Å². The Morgan fingerprint density at radius 2 is 1.94 bits per heavy atom. The first kappa shape index (κ1) is 11.6. The van der Waals surface area contributed by atoms with Gasteiger partial charge in [0.25, 0.3) is 0 Å². The van der Waals surface area contributed by atoms with Gasteiger partial charge in [-0.25, -0.2) is 0 Å². The minimum absolute atomic E-state index is 0.000787. The molecule has 2 unspecified atom stereocenters. The Balaban J connectivity index is 2.32. The first-order chi connectivity index (χ1) is 8.08. The van der Waals surface area contributed by atoms with Gasteiger partial charge >= 0.3 is 11.9 Å². The molecule has 0 aliphatic heterocycles. The lowest BCUT2D eigenvalue weighted by molar-refractivity contribution is -0.143. The molecule has 0 radical (unpaired) electrons. The number of benzene rings is 1. The predicted molar refractivity (Wildman–Crippen MR) is 60.9 cm³/mol. The molecule has 2 atom stereocenters. The van der Waals surface area contributed by atoms with Gasteiger partial charge < -0.3 is 10.2 Å². The Morgan fingerprint density at radius 1 is 1.24 bits per heavy atom. The molecule has 17 heavy (non-hydrogen) atoms. The SMILES string of the molecule is O=C(O)CC1CC(C(=O)O)Cc2ccccc21. The fourth-order valence-corrected chi connectivity index (χ4v) is 2.53. The molecule has 0 fully saturated rings. The molecule has 0 saturated carbocycles. The van der Waals surface area contributed by atoms with Crippen LogP contribution in [-0.2, 0) is 16.0 Å². The van der Waals surface area contributed by atoms with E-state index in [1.807, 2.05) is 24.3 Å². The summed E-state index contributed by atoms with van der Waals surface area (Å²) < 4.78 is 0. The molecule has 1 aromatic carbocycles. The molecule has 2 rings (SSSR count). The van der Waals surface area contributed by atoms with Crippen LogP contribution in [0.4, 0.5) is 0 Å². The van der Waals surface area contributed by atoms with Crippen LogP contribution in [0.2, 0.25) is 0 Å². The van der Waals surface area contributed by atoms with Crippen LogP contribution in [-0.4, -0.2) is 22.2 Å². The monoisotopic (exact) mass is 234 g/mol. The van der Waals surface area contributed by atoms with Crippen LogP contribution in [0.1, 0.15) is 29.9 Å². The van der Waals surface area contributed by atoms with E-state index in [9.17, 15) is 9.59 Å². The summed E-state index contributed by atoms with van der Waals surface area (Å²) in [6.45, 7) is 0. The van der Waals surface area contributed by atoms with E-state index in [-0.39, 0.29) is 12.3 Å². The van der Waals surface area contributed by atoms with E-state index in [1.165, 1.54) is 0 Å². The van der Waals surface area contributed by atoms with Crippen molar-refractivity contribution < 1.29 is 19.8 Å². The van der Waals surface area contributed by atoms with Gasteiger partial charge in [0.05, 0.1) is 12.3 Å². The minimum atomic E-state index is -0.879. The van der Waals surface area contributed by atoms with Gasteiger partial charge in [-0.15, -0.1) is 0 Å². The van der Waals surface area contributed by atoms with Crippen LogP contribution < -0.4 is 0 Å². The normalized spacial score (nSPS) is 22.8. The number of hydrogen-bond donors (Lipinski definition) is 2. The number of rotatable bonds is 3. The summed E-state index contributed by atoms with van der Waals surface area (Å²) in [6.07, 6.45) is 0.918. The van der Waals surface area contributed by atoms with Crippen LogP contribution in [0.3, 0.4) is 0 Å². The van der Waals surface area contributed by atoms with Crippen LogP contribution in [0, 0.1) is 5.92 Å². The number of fused-ring (bicyclic) bond motifs is 1. The van der Waals surface area contributed by atoms with Gasteiger partial charge in [-0.3, -0.25) is 9.59 Å². The van der Waals surface area contributed by atoms with E-state index in [2.05, 4.69) is 0 Å². The van der Waals surface area contributed by atoms with E-state index < -0.39 is 17.9 Å². The molecule has 4 heteroatoms. The Hall–Kier alpha value is -1.84. The number of carbonyl (C=O) groups is 2. The number of hydrogen-bond acceptors (Lipinski definition) is 2. The van der Waals surface area contributed by atoms with Gasteiger partial charge in [-0.1, -0.05) is 24.3 Å². The Labute approximate surface area is 98.9 Å². The molecule has 1 aromatic rings. The second-order valence-corrected chi connectivity index (χ2v) is 4.47. The zero-order chi connectivity index (χ0) is 12.4. The smallest absolute Gasteiger partial charge is 0.306 e. The van der Waals surface area contributed by atoms with Gasteiger partial charge in [0.2, 0.25) is 0 Å². The predicted octanol–water partition coefficient (Wildman–Crippen LogP) is 1.89. The summed E-state index contributed by atoms with van der Waals surface area (Å²) in [5.41, 5.74) is 1.96. The van der Waals surface area contributed by atoms with E-state index in [0.29, 0.717) is 12.8 Å². The zero-order valence-corrected chi connectivity index (χ0v) is 9.30. The molecule has 0 amide bonds. The summed E-state index contributed by atoms with van der Waals surface area (Å²) in [6, 6.07) is 7.52. The number of carboxylic acid groups (broad SMARTS) is 2. The van der Waals surface area contributed by atoms with Crippen molar-refractivity contribution in [2.75, 3.05) is 0 Å². The summed E-state index contributed by atoms with van der Waals surface area (Å²) in [7, 11) is 0. The van der Waals surface area contributed by atoms with E-state index in [4.69, 9.17) is 10.2 Å². The number of aliphatic carboxylic acids is 2. The lowest BCUT2D eigenvalue weighted by atomic mass is 9.75. The largest absolute Gasteiger partial charge is 0.481 e. The van der Waals surface area contributed by atoms with Crippen LogP contribution >= 0.6 is 0 Å². The fraction of sp³-hybridized carbons (Fsp3) is 0.385. The average Bonchev–Trinajstić information content (AvgIpc) is 2.28. The van der Waals surface area contributed by atoms with Crippen LogP contribution in [0.15, 0.2) is 24.3 Å². The van der Waals surface area contributed by atoms with Crippen LogP contribution in [0.5, 0.6) is 0 Å². The van der Waals surface area contributed by atoms with Crippen molar-refractivity contribution in [2.24, 2.45) is 5.92 Å². The van der Waals surface area contributed by atoms with Gasteiger partial charge in [0, 0.05) is 0 Å². The van der Waals surface area contributed by atoms with Crippen LogP contribution in [0.25, 0.3) is 0 Å². The third-order valence-electron chi connectivity index (χ3n) is 3.30. The lowest BCUT2D eigenvalue weighted by Crippen LogP contribution is -2.26. The van der Waals surface area contributed by atoms with Gasteiger partial charge in [-0.05, 0) is 29.9 Å². The fourth-order valence-electron chi connectivity index (χ4n) is 2.53. The molecule has 1 aliphatic carbocycles. The molecule has 1 aliphatic rings. The van der Waals surface area contributed by atoms with Crippen molar-refractivity contribution in [3.8, 4) is 0 Å². The van der Waals surface area contributed by atoms with E-state index in [1.54, 1.807) is 0 Å². The standard InChI is InChI=1S/C13H14O4/c14-12(15)7-9-6-10(13(16)17)5-8-3-1-2-4-11(8)9/h1-4,9-10H,5-7H2,(H,14,15)(H,16,17). The summed E-state index contributed by atoms with van der Waals surface area (Å²) in [5, 5.41) is 17.9. The third-order valence-corrected chi connectivity index (χ3v) is 3.30. The second kappa shape index (κ2) is 4.57. The Kier molecular flexibility index (Phi) is 3.13. The average molecular weight is 234 g/mol. The maximum Gasteiger partial charge on any atom is 0.306 e. The highest BCUT2D eigenvalue weighted by atomic mass is 16.4. The Morgan fingerprint density at radius 3 is 2.59 bits per heavy atom. The van der Waals surface area contributed by atoms with Crippen molar-refractivity contribution in [2.45, 2.75) is 25.2 Å². The topological polar surface area (TPSA) is 74.6 Å². The van der Waals surface area contributed by atoms with E-state index in [0.717, 1.165) is 11.1 Å². The molecular formula is C13H14O4.